The fraction of sp³-hybridized carbons (Fsp3) is 0.455. The van der Waals surface area contributed by atoms with E-state index in [1.165, 1.54) is 26.4 Å². The second-order valence-electron chi connectivity index (χ2n) is 3.37. The van der Waals surface area contributed by atoms with Crippen molar-refractivity contribution in [2.24, 2.45) is 5.73 Å². The van der Waals surface area contributed by atoms with E-state index in [1.807, 2.05) is 0 Å². The van der Waals surface area contributed by atoms with Crippen molar-refractivity contribution < 1.29 is 22.6 Å². The normalized spacial score (nSPS) is 11.4. The Kier molecular flexibility index (Phi) is 4.22. The summed E-state index contributed by atoms with van der Waals surface area (Å²) in [5, 5.41) is 0. The highest BCUT2D eigenvalue weighted by atomic mass is 19.4. The van der Waals surface area contributed by atoms with E-state index >= 15 is 0 Å². The van der Waals surface area contributed by atoms with Gasteiger partial charge in [-0.15, -0.1) is 0 Å². The Morgan fingerprint density at radius 3 is 2.24 bits per heavy atom. The van der Waals surface area contributed by atoms with Crippen molar-refractivity contribution >= 4 is 0 Å². The molecule has 6 heteroatoms. The number of ether oxygens (including phenoxy) is 2. The number of alkyl halides is 3. The number of nitrogens with two attached hydrogens (primary N) is 1. The molecule has 0 aliphatic carbocycles. The summed E-state index contributed by atoms with van der Waals surface area (Å²) >= 11 is 0. The number of halogens is 3. The zero-order valence-corrected chi connectivity index (χ0v) is 9.60. The van der Waals surface area contributed by atoms with E-state index in [0.717, 1.165) is 0 Å². The van der Waals surface area contributed by atoms with Gasteiger partial charge in [-0.25, -0.2) is 0 Å². The van der Waals surface area contributed by atoms with Gasteiger partial charge in [0.1, 0.15) is 5.56 Å². The van der Waals surface area contributed by atoms with Gasteiger partial charge in [-0.1, -0.05) is 6.07 Å². The van der Waals surface area contributed by atoms with Gasteiger partial charge in [-0.05, 0) is 24.6 Å². The highest BCUT2D eigenvalue weighted by Crippen LogP contribution is 2.43. The van der Waals surface area contributed by atoms with E-state index < -0.39 is 11.7 Å². The van der Waals surface area contributed by atoms with Gasteiger partial charge in [0.05, 0.1) is 14.2 Å². The molecule has 0 fully saturated rings. The maximum absolute atomic E-state index is 13.0. The van der Waals surface area contributed by atoms with Crippen LogP contribution < -0.4 is 15.2 Å². The largest absolute Gasteiger partial charge is 0.493 e. The highest BCUT2D eigenvalue weighted by molar-refractivity contribution is 5.52. The molecule has 0 aliphatic rings. The van der Waals surface area contributed by atoms with Crippen molar-refractivity contribution in [2.75, 3.05) is 20.8 Å². The standard InChI is InChI=1S/C11H14F3NO2/c1-16-8-4-3-7(5-6-15)9(10(8)17-2)11(12,13)14/h3-4H,5-6,15H2,1-2H3. The van der Waals surface area contributed by atoms with Crippen LogP contribution in [0.15, 0.2) is 12.1 Å². The van der Waals surface area contributed by atoms with Crippen molar-refractivity contribution in [3.63, 3.8) is 0 Å². The molecule has 0 aliphatic heterocycles. The third-order valence-electron chi connectivity index (χ3n) is 2.33. The molecule has 96 valence electrons. The summed E-state index contributed by atoms with van der Waals surface area (Å²) in [4.78, 5) is 0. The quantitative estimate of drug-likeness (QED) is 0.889. The zero-order valence-electron chi connectivity index (χ0n) is 9.60. The molecule has 0 bridgehead atoms. The first-order valence-corrected chi connectivity index (χ1v) is 4.96. The predicted molar refractivity (Wildman–Crippen MR) is 57.3 cm³/mol. The van der Waals surface area contributed by atoms with Gasteiger partial charge in [-0.2, -0.15) is 13.2 Å². The Bertz CT molecular complexity index is 391. The van der Waals surface area contributed by atoms with Crippen LogP contribution in [-0.4, -0.2) is 20.8 Å². The van der Waals surface area contributed by atoms with E-state index in [0.29, 0.717) is 0 Å². The molecule has 0 unspecified atom stereocenters. The second kappa shape index (κ2) is 5.27. The van der Waals surface area contributed by atoms with Gasteiger partial charge in [0.15, 0.2) is 11.5 Å². The van der Waals surface area contributed by atoms with Crippen molar-refractivity contribution in [3.05, 3.63) is 23.3 Å². The average Bonchev–Trinajstić information content (AvgIpc) is 2.27. The summed E-state index contributed by atoms with van der Waals surface area (Å²) in [6.07, 6.45) is -4.36. The number of hydrogen-bond acceptors (Lipinski definition) is 3. The van der Waals surface area contributed by atoms with Gasteiger partial charge >= 0.3 is 6.18 Å². The average molecular weight is 249 g/mol. The SMILES string of the molecule is COc1ccc(CCN)c(C(F)(F)F)c1OC. The van der Waals surface area contributed by atoms with Gasteiger partial charge in [0, 0.05) is 0 Å². The molecule has 0 aromatic heterocycles. The van der Waals surface area contributed by atoms with E-state index in [-0.39, 0.29) is 30.0 Å². The minimum absolute atomic E-state index is 0.0561. The van der Waals surface area contributed by atoms with Gasteiger partial charge in [0.2, 0.25) is 0 Å². The third kappa shape index (κ3) is 2.82. The predicted octanol–water partition coefficient (Wildman–Crippen LogP) is 2.22. The first kappa shape index (κ1) is 13.6. The van der Waals surface area contributed by atoms with E-state index in [1.54, 1.807) is 0 Å². The molecule has 1 aromatic rings. The molecule has 3 nitrogen and oxygen atoms in total. The molecule has 0 heterocycles. The number of hydrogen-bond donors (Lipinski definition) is 1. The fourth-order valence-electron chi connectivity index (χ4n) is 1.64. The molecular formula is C11H14F3NO2. The van der Waals surface area contributed by atoms with Crippen molar-refractivity contribution in [1.82, 2.24) is 0 Å². The first-order valence-electron chi connectivity index (χ1n) is 4.96. The molecule has 17 heavy (non-hydrogen) atoms. The number of rotatable bonds is 4. The molecule has 0 atom stereocenters. The maximum atomic E-state index is 13.0. The van der Waals surface area contributed by atoms with E-state index in [4.69, 9.17) is 15.2 Å². The lowest BCUT2D eigenvalue weighted by molar-refractivity contribution is -0.139. The van der Waals surface area contributed by atoms with Crippen LogP contribution in [0.4, 0.5) is 13.2 Å². The molecule has 1 rings (SSSR count). The lowest BCUT2D eigenvalue weighted by Crippen LogP contribution is -2.14. The Morgan fingerprint density at radius 2 is 1.82 bits per heavy atom. The van der Waals surface area contributed by atoms with Crippen molar-refractivity contribution in [1.29, 1.82) is 0 Å². The van der Waals surface area contributed by atoms with E-state index in [2.05, 4.69) is 0 Å². The summed E-state index contributed by atoms with van der Waals surface area (Å²) < 4.78 is 48.5. The molecule has 0 amide bonds. The lowest BCUT2D eigenvalue weighted by Gasteiger charge is -2.18. The molecule has 0 spiro atoms. The summed E-state index contributed by atoms with van der Waals surface area (Å²) in [5.74, 6) is -0.244. The number of benzene rings is 1. The van der Waals surface area contributed by atoms with Crippen molar-refractivity contribution in [2.45, 2.75) is 12.6 Å². The molecule has 0 radical (unpaired) electrons. The topological polar surface area (TPSA) is 44.5 Å². The van der Waals surface area contributed by atoms with Gasteiger partial charge < -0.3 is 15.2 Å². The van der Waals surface area contributed by atoms with Crippen molar-refractivity contribution in [3.8, 4) is 11.5 Å². The van der Waals surface area contributed by atoms with Crippen LogP contribution in [0.2, 0.25) is 0 Å². The van der Waals surface area contributed by atoms with Crippen LogP contribution in [0.3, 0.4) is 0 Å². The smallest absolute Gasteiger partial charge is 0.420 e. The van der Waals surface area contributed by atoms with Crippen LogP contribution in [-0.2, 0) is 12.6 Å². The summed E-state index contributed by atoms with van der Waals surface area (Å²) in [6, 6.07) is 2.80. The van der Waals surface area contributed by atoms with Gasteiger partial charge in [0.25, 0.3) is 0 Å². The zero-order chi connectivity index (χ0) is 13.1. The summed E-state index contributed by atoms with van der Waals surface area (Å²) in [7, 11) is 2.47. The van der Waals surface area contributed by atoms with Crippen LogP contribution in [0, 0.1) is 0 Å². The monoisotopic (exact) mass is 249 g/mol. The molecular weight excluding hydrogens is 235 g/mol. The third-order valence-corrected chi connectivity index (χ3v) is 2.33. The minimum atomic E-state index is -4.50. The highest BCUT2D eigenvalue weighted by Gasteiger charge is 2.38. The van der Waals surface area contributed by atoms with E-state index in [9.17, 15) is 13.2 Å². The first-order chi connectivity index (χ1) is 7.95. The molecule has 2 N–H and O–H groups in total. The van der Waals surface area contributed by atoms with Crippen LogP contribution in [0.5, 0.6) is 11.5 Å². The summed E-state index contributed by atoms with van der Waals surface area (Å²) in [6.45, 7) is 0.137. The Hall–Kier alpha value is -1.43. The van der Waals surface area contributed by atoms with Crippen LogP contribution >= 0.6 is 0 Å². The minimum Gasteiger partial charge on any atom is -0.493 e. The number of methoxy groups -OCH3 is 2. The molecule has 1 aromatic carbocycles. The molecule has 0 saturated heterocycles. The lowest BCUT2D eigenvalue weighted by atomic mass is 10.0. The van der Waals surface area contributed by atoms with Gasteiger partial charge in [-0.3, -0.25) is 0 Å². The fourth-order valence-corrected chi connectivity index (χ4v) is 1.64. The maximum Gasteiger partial charge on any atom is 0.420 e. The second-order valence-corrected chi connectivity index (χ2v) is 3.37. The molecule has 0 saturated carbocycles. The Morgan fingerprint density at radius 1 is 1.18 bits per heavy atom. The van der Waals surface area contributed by atoms with Crippen LogP contribution in [0.25, 0.3) is 0 Å². The summed E-state index contributed by atoms with van der Waals surface area (Å²) in [5.41, 5.74) is 4.59. The van der Waals surface area contributed by atoms with Crippen LogP contribution in [0.1, 0.15) is 11.1 Å². The Balaban J connectivity index is 3.44. The Labute approximate surface area is 97.3 Å².